The first-order valence-corrected chi connectivity index (χ1v) is 5.32. The van der Waals surface area contributed by atoms with Gasteiger partial charge in [-0.15, -0.1) is 0 Å². The SMILES string of the molecule is CCCC(N)=Nc1ccc(OCC)cc1. The summed E-state index contributed by atoms with van der Waals surface area (Å²) in [6, 6.07) is 7.63. The summed E-state index contributed by atoms with van der Waals surface area (Å²) < 4.78 is 5.33. The minimum Gasteiger partial charge on any atom is -0.494 e. The summed E-state index contributed by atoms with van der Waals surface area (Å²) in [5.74, 6) is 1.55. The Balaban J connectivity index is 2.67. The van der Waals surface area contributed by atoms with Crippen LogP contribution in [0.3, 0.4) is 0 Å². The number of nitrogens with two attached hydrogens (primary N) is 1. The van der Waals surface area contributed by atoms with E-state index in [-0.39, 0.29) is 0 Å². The third-order valence-corrected chi connectivity index (χ3v) is 1.93. The average molecular weight is 206 g/mol. The second kappa shape index (κ2) is 6.06. The molecule has 3 nitrogen and oxygen atoms in total. The van der Waals surface area contributed by atoms with Gasteiger partial charge in [0.05, 0.1) is 18.1 Å². The van der Waals surface area contributed by atoms with Crippen LogP contribution in [0, 0.1) is 0 Å². The van der Waals surface area contributed by atoms with E-state index in [2.05, 4.69) is 11.9 Å². The number of benzene rings is 1. The molecule has 0 radical (unpaired) electrons. The molecule has 0 saturated carbocycles. The predicted molar refractivity (Wildman–Crippen MR) is 63.8 cm³/mol. The van der Waals surface area contributed by atoms with Gasteiger partial charge in [0, 0.05) is 6.42 Å². The monoisotopic (exact) mass is 206 g/mol. The van der Waals surface area contributed by atoms with Crippen molar-refractivity contribution in [3.8, 4) is 5.75 Å². The van der Waals surface area contributed by atoms with E-state index in [9.17, 15) is 0 Å². The van der Waals surface area contributed by atoms with Gasteiger partial charge in [-0.25, -0.2) is 4.99 Å². The Hall–Kier alpha value is -1.51. The van der Waals surface area contributed by atoms with Crippen molar-refractivity contribution in [2.45, 2.75) is 26.7 Å². The van der Waals surface area contributed by atoms with Crippen molar-refractivity contribution in [1.82, 2.24) is 0 Å². The average Bonchev–Trinajstić information content (AvgIpc) is 2.22. The van der Waals surface area contributed by atoms with E-state index in [0.717, 1.165) is 24.3 Å². The lowest BCUT2D eigenvalue weighted by Crippen LogP contribution is -2.09. The highest BCUT2D eigenvalue weighted by atomic mass is 16.5. The standard InChI is InChI=1S/C12H18N2O/c1-3-5-12(13)14-10-6-8-11(9-7-10)15-4-2/h6-9H,3-5H2,1-2H3,(H2,13,14). The maximum absolute atomic E-state index is 5.73. The highest BCUT2D eigenvalue weighted by molar-refractivity contribution is 5.83. The van der Waals surface area contributed by atoms with Gasteiger partial charge >= 0.3 is 0 Å². The summed E-state index contributed by atoms with van der Waals surface area (Å²) in [6.07, 6.45) is 1.86. The fraction of sp³-hybridized carbons (Fsp3) is 0.417. The van der Waals surface area contributed by atoms with Gasteiger partial charge in [-0.3, -0.25) is 0 Å². The van der Waals surface area contributed by atoms with Crippen molar-refractivity contribution in [1.29, 1.82) is 0 Å². The van der Waals surface area contributed by atoms with E-state index in [0.29, 0.717) is 12.4 Å². The van der Waals surface area contributed by atoms with Crippen LogP contribution < -0.4 is 10.5 Å². The van der Waals surface area contributed by atoms with Crippen LogP contribution in [0.4, 0.5) is 5.69 Å². The summed E-state index contributed by atoms with van der Waals surface area (Å²) in [4.78, 5) is 4.29. The maximum Gasteiger partial charge on any atom is 0.119 e. The van der Waals surface area contributed by atoms with E-state index in [1.54, 1.807) is 0 Å². The lowest BCUT2D eigenvalue weighted by molar-refractivity contribution is 0.340. The van der Waals surface area contributed by atoms with Crippen LogP contribution in [0.1, 0.15) is 26.7 Å². The van der Waals surface area contributed by atoms with Crippen LogP contribution in [0.2, 0.25) is 0 Å². The molecule has 1 aromatic rings. The van der Waals surface area contributed by atoms with Crippen molar-refractivity contribution in [3.05, 3.63) is 24.3 Å². The Morgan fingerprint density at radius 1 is 1.27 bits per heavy atom. The number of hydrogen-bond acceptors (Lipinski definition) is 2. The molecule has 0 bridgehead atoms. The predicted octanol–water partition coefficient (Wildman–Crippen LogP) is 2.87. The van der Waals surface area contributed by atoms with E-state index < -0.39 is 0 Å². The Bertz CT molecular complexity index is 317. The zero-order valence-electron chi connectivity index (χ0n) is 9.36. The smallest absolute Gasteiger partial charge is 0.119 e. The van der Waals surface area contributed by atoms with E-state index >= 15 is 0 Å². The summed E-state index contributed by atoms with van der Waals surface area (Å²) in [5.41, 5.74) is 6.61. The molecular weight excluding hydrogens is 188 g/mol. The first-order valence-electron chi connectivity index (χ1n) is 5.32. The van der Waals surface area contributed by atoms with Crippen LogP contribution >= 0.6 is 0 Å². The maximum atomic E-state index is 5.73. The molecule has 0 saturated heterocycles. The van der Waals surface area contributed by atoms with Gasteiger partial charge in [0.15, 0.2) is 0 Å². The van der Waals surface area contributed by atoms with Crippen molar-refractivity contribution >= 4 is 11.5 Å². The number of nitrogens with zero attached hydrogens (tertiary/aromatic N) is 1. The van der Waals surface area contributed by atoms with Gasteiger partial charge in [0.2, 0.25) is 0 Å². The summed E-state index contributed by atoms with van der Waals surface area (Å²) in [5, 5.41) is 0. The largest absolute Gasteiger partial charge is 0.494 e. The molecular formula is C12H18N2O. The van der Waals surface area contributed by atoms with Crippen LogP contribution in [-0.4, -0.2) is 12.4 Å². The summed E-state index contributed by atoms with van der Waals surface area (Å²) in [7, 11) is 0. The number of ether oxygens (including phenoxy) is 1. The van der Waals surface area contributed by atoms with Crippen molar-refractivity contribution < 1.29 is 4.74 Å². The van der Waals surface area contributed by atoms with Crippen LogP contribution in [0.15, 0.2) is 29.3 Å². The van der Waals surface area contributed by atoms with Gasteiger partial charge in [-0.05, 0) is 37.6 Å². The zero-order valence-corrected chi connectivity index (χ0v) is 9.36. The molecule has 0 spiro atoms. The fourth-order valence-electron chi connectivity index (χ4n) is 1.26. The van der Waals surface area contributed by atoms with Gasteiger partial charge in [-0.2, -0.15) is 0 Å². The molecule has 0 atom stereocenters. The Morgan fingerprint density at radius 2 is 1.93 bits per heavy atom. The quantitative estimate of drug-likeness (QED) is 0.594. The molecule has 1 aromatic carbocycles. The third kappa shape index (κ3) is 4.02. The molecule has 0 amide bonds. The molecule has 0 aliphatic carbocycles. The number of hydrogen-bond donors (Lipinski definition) is 1. The molecule has 2 N–H and O–H groups in total. The van der Waals surface area contributed by atoms with Gasteiger partial charge in [0.25, 0.3) is 0 Å². The van der Waals surface area contributed by atoms with Crippen LogP contribution in [0.25, 0.3) is 0 Å². The molecule has 0 aromatic heterocycles. The van der Waals surface area contributed by atoms with Gasteiger partial charge in [0.1, 0.15) is 5.75 Å². The first kappa shape index (κ1) is 11.6. The molecule has 0 aliphatic rings. The molecule has 3 heteroatoms. The first-order chi connectivity index (χ1) is 7.26. The molecule has 1 rings (SSSR count). The van der Waals surface area contributed by atoms with Gasteiger partial charge < -0.3 is 10.5 Å². The minimum atomic E-state index is 0.681. The third-order valence-electron chi connectivity index (χ3n) is 1.93. The molecule has 0 aliphatic heterocycles. The van der Waals surface area contributed by atoms with Crippen molar-refractivity contribution in [2.75, 3.05) is 6.61 Å². The van der Waals surface area contributed by atoms with E-state index in [4.69, 9.17) is 10.5 Å². The van der Waals surface area contributed by atoms with E-state index in [1.165, 1.54) is 0 Å². The molecule has 0 fully saturated rings. The number of rotatable bonds is 5. The minimum absolute atomic E-state index is 0.681. The van der Waals surface area contributed by atoms with Crippen molar-refractivity contribution in [3.63, 3.8) is 0 Å². The highest BCUT2D eigenvalue weighted by Gasteiger charge is 1.94. The summed E-state index contributed by atoms with van der Waals surface area (Å²) >= 11 is 0. The molecule has 15 heavy (non-hydrogen) atoms. The lowest BCUT2D eigenvalue weighted by Gasteiger charge is -2.03. The zero-order chi connectivity index (χ0) is 11.1. The highest BCUT2D eigenvalue weighted by Crippen LogP contribution is 2.18. The second-order valence-electron chi connectivity index (χ2n) is 3.28. The normalized spacial score (nSPS) is 11.5. The number of amidine groups is 1. The Kier molecular flexibility index (Phi) is 4.68. The summed E-state index contributed by atoms with van der Waals surface area (Å²) in [6.45, 7) is 4.73. The Morgan fingerprint density at radius 3 is 2.47 bits per heavy atom. The Labute approximate surface area is 91.0 Å². The van der Waals surface area contributed by atoms with E-state index in [1.807, 2.05) is 31.2 Å². The fourth-order valence-corrected chi connectivity index (χ4v) is 1.26. The van der Waals surface area contributed by atoms with Crippen LogP contribution in [-0.2, 0) is 0 Å². The van der Waals surface area contributed by atoms with Gasteiger partial charge in [-0.1, -0.05) is 6.92 Å². The second-order valence-corrected chi connectivity index (χ2v) is 3.28. The molecule has 0 unspecified atom stereocenters. The molecule has 0 heterocycles. The van der Waals surface area contributed by atoms with Crippen molar-refractivity contribution in [2.24, 2.45) is 10.7 Å². The van der Waals surface area contributed by atoms with Crippen LogP contribution in [0.5, 0.6) is 5.75 Å². The topological polar surface area (TPSA) is 47.6 Å². The molecule has 82 valence electrons. The number of aliphatic imine (C=N–C) groups is 1. The lowest BCUT2D eigenvalue weighted by atomic mass is 10.3.